The van der Waals surface area contributed by atoms with Crippen LogP contribution in [0.2, 0.25) is 0 Å². The average Bonchev–Trinajstić information content (AvgIpc) is 2.31. The van der Waals surface area contributed by atoms with Gasteiger partial charge in [-0.05, 0) is 39.7 Å². The molecular weight excluding hydrogens is 212 g/mol. The van der Waals surface area contributed by atoms with Crippen molar-refractivity contribution in [2.45, 2.75) is 58.5 Å². The Morgan fingerprint density at radius 2 is 2.29 bits per heavy atom. The molecule has 17 heavy (non-hydrogen) atoms. The van der Waals surface area contributed by atoms with Gasteiger partial charge in [0.1, 0.15) is 0 Å². The number of aliphatic imine (C=N–C) groups is 1. The summed E-state index contributed by atoms with van der Waals surface area (Å²) >= 11 is 0. The fourth-order valence-electron chi connectivity index (χ4n) is 2.19. The molecule has 0 radical (unpaired) electrons. The summed E-state index contributed by atoms with van der Waals surface area (Å²) < 4.78 is 0. The molecule has 0 aliphatic carbocycles. The molecule has 1 fully saturated rings. The number of piperidine rings is 1. The molecule has 0 aromatic carbocycles. The molecule has 0 spiro atoms. The minimum Gasteiger partial charge on any atom is -0.370 e. The number of hydrogen-bond acceptors (Lipinski definition) is 2. The van der Waals surface area contributed by atoms with Crippen LogP contribution in [-0.2, 0) is 0 Å². The summed E-state index contributed by atoms with van der Waals surface area (Å²) in [4.78, 5) is 6.90. The van der Waals surface area contributed by atoms with Crippen LogP contribution in [0.25, 0.3) is 0 Å². The van der Waals surface area contributed by atoms with E-state index in [-0.39, 0.29) is 0 Å². The van der Waals surface area contributed by atoms with Gasteiger partial charge in [-0.25, -0.2) is 0 Å². The first-order chi connectivity index (χ1) is 8.13. The van der Waals surface area contributed by atoms with E-state index >= 15 is 0 Å². The Kier molecular flexibility index (Phi) is 6.34. The van der Waals surface area contributed by atoms with Crippen molar-refractivity contribution in [1.29, 1.82) is 0 Å². The van der Waals surface area contributed by atoms with Crippen LogP contribution < -0.4 is 11.1 Å². The lowest BCUT2D eigenvalue weighted by molar-refractivity contribution is 0.166. The number of hydrogen-bond donors (Lipinski definition) is 2. The summed E-state index contributed by atoms with van der Waals surface area (Å²) in [5.41, 5.74) is 5.82. The van der Waals surface area contributed by atoms with Crippen molar-refractivity contribution in [2.24, 2.45) is 10.7 Å². The van der Waals surface area contributed by atoms with E-state index in [1.165, 1.54) is 25.8 Å². The van der Waals surface area contributed by atoms with Gasteiger partial charge >= 0.3 is 0 Å². The Morgan fingerprint density at radius 3 is 2.94 bits per heavy atom. The van der Waals surface area contributed by atoms with Crippen LogP contribution in [0, 0.1) is 0 Å². The van der Waals surface area contributed by atoms with Gasteiger partial charge in [0.05, 0.1) is 6.54 Å². The van der Waals surface area contributed by atoms with E-state index in [9.17, 15) is 0 Å². The van der Waals surface area contributed by atoms with Crippen molar-refractivity contribution in [3.63, 3.8) is 0 Å². The Balaban J connectivity index is 2.23. The SMILES string of the molecule is CC[C@H](C)NC(N)=NCCN1CCCC[C@@H]1C. The zero-order valence-electron chi connectivity index (χ0n) is 11.6. The lowest BCUT2D eigenvalue weighted by Crippen LogP contribution is -2.41. The summed E-state index contributed by atoms with van der Waals surface area (Å²) in [5.74, 6) is 0.587. The minimum absolute atomic E-state index is 0.410. The molecule has 0 unspecified atom stereocenters. The predicted octanol–water partition coefficient (Wildman–Crippen LogP) is 1.56. The number of nitrogens with zero attached hydrogens (tertiary/aromatic N) is 2. The second-order valence-electron chi connectivity index (χ2n) is 5.10. The predicted molar refractivity (Wildman–Crippen MR) is 74.3 cm³/mol. The van der Waals surface area contributed by atoms with Crippen molar-refractivity contribution < 1.29 is 0 Å². The Morgan fingerprint density at radius 1 is 1.53 bits per heavy atom. The second kappa shape index (κ2) is 7.54. The van der Waals surface area contributed by atoms with Gasteiger partial charge < -0.3 is 11.1 Å². The fraction of sp³-hybridized carbons (Fsp3) is 0.923. The molecule has 0 amide bonds. The standard InChI is InChI=1S/C13H28N4/c1-4-11(2)16-13(14)15-8-10-17-9-6-5-7-12(17)3/h11-12H,4-10H2,1-3H3,(H3,14,15,16)/t11-,12-/m0/s1. The monoisotopic (exact) mass is 240 g/mol. The summed E-state index contributed by atoms with van der Waals surface area (Å²) in [6, 6.07) is 1.12. The first kappa shape index (κ1) is 14.3. The molecule has 100 valence electrons. The fourth-order valence-corrected chi connectivity index (χ4v) is 2.19. The van der Waals surface area contributed by atoms with Gasteiger partial charge in [0.15, 0.2) is 5.96 Å². The van der Waals surface area contributed by atoms with Crippen molar-refractivity contribution in [3.05, 3.63) is 0 Å². The molecule has 0 aromatic rings. The summed E-state index contributed by atoms with van der Waals surface area (Å²) in [6.45, 7) is 9.62. The van der Waals surface area contributed by atoms with Gasteiger partial charge in [-0.15, -0.1) is 0 Å². The molecule has 4 heteroatoms. The maximum Gasteiger partial charge on any atom is 0.188 e. The Bertz CT molecular complexity index is 240. The molecule has 1 aliphatic heterocycles. The molecule has 3 N–H and O–H groups in total. The van der Waals surface area contributed by atoms with E-state index < -0.39 is 0 Å². The second-order valence-corrected chi connectivity index (χ2v) is 5.10. The average molecular weight is 240 g/mol. The van der Waals surface area contributed by atoms with E-state index in [2.05, 4.69) is 36.0 Å². The Labute approximate surface area is 106 Å². The third-order valence-corrected chi connectivity index (χ3v) is 3.62. The number of likely N-dealkylation sites (tertiary alicyclic amines) is 1. The summed E-state index contributed by atoms with van der Waals surface area (Å²) in [6.07, 6.45) is 5.09. The molecule has 0 aromatic heterocycles. The first-order valence-corrected chi connectivity index (χ1v) is 6.94. The zero-order chi connectivity index (χ0) is 12.7. The molecule has 1 heterocycles. The number of rotatable bonds is 5. The third kappa shape index (κ3) is 5.39. The molecule has 4 nitrogen and oxygen atoms in total. The molecule has 0 bridgehead atoms. The van der Waals surface area contributed by atoms with Crippen LogP contribution >= 0.6 is 0 Å². The third-order valence-electron chi connectivity index (χ3n) is 3.62. The maximum absolute atomic E-state index is 5.82. The van der Waals surface area contributed by atoms with Crippen molar-refractivity contribution in [1.82, 2.24) is 10.2 Å². The highest BCUT2D eigenvalue weighted by Crippen LogP contribution is 2.15. The van der Waals surface area contributed by atoms with Gasteiger partial charge in [-0.2, -0.15) is 0 Å². The van der Waals surface area contributed by atoms with Crippen LogP contribution in [0.3, 0.4) is 0 Å². The molecule has 1 saturated heterocycles. The minimum atomic E-state index is 0.410. The quantitative estimate of drug-likeness (QED) is 0.566. The van der Waals surface area contributed by atoms with Crippen LogP contribution in [0.1, 0.15) is 46.5 Å². The number of nitrogens with one attached hydrogen (secondary N) is 1. The summed E-state index contributed by atoms with van der Waals surface area (Å²) in [7, 11) is 0. The highest BCUT2D eigenvalue weighted by Gasteiger charge is 2.16. The van der Waals surface area contributed by atoms with Crippen LogP contribution in [-0.4, -0.2) is 42.6 Å². The van der Waals surface area contributed by atoms with Gasteiger partial charge in [-0.1, -0.05) is 13.3 Å². The number of guanidine groups is 1. The topological polar surface area (TPSA) is 53.6 Å². The molecule has 1 rings (SSSR count). The zero-order valence-corrected chi connectivity index (χ0v) is 11.6. The largest absolute Gasteiger partial charge is 0.370 e. The maximum atomic E-state index is 5.82. The molecule has 1 aliphatic rings. The molecule has 2 atom stereocenters. The summed E-state index contributed by atoms with van der Waals surface area (Å²) in [5, 5.41) is 3.19. The first-order valence-electron chi connectivity index (χ1n) is 6.94. The van der Waals surface area contributed by atoms with Gasteiger partial charge in [0, 0.05) is 18.6 Å². The van der Waals surface area contributed by atoms with Crippen molar-refractivity contribution >= 4 is 5.96 Å². The highest BCUT2D eigenvalue weighted by molar-refractivity contribution is 5.78. The van der Waals surface area contributed by atoms with E-state index in [1.807, 2.05) is 0 Å². The van der Waals surface area contributed by atoms with Gasteiger partial charge in [0.2, 0.25) is 0 Å². The van der Waals surface area contributed by atoms with Crippen molar-refractivity contribution in [2.75, 3.05) is 19.6 Å². The molecule has 0 saturated carbocycles. The van der Waals surface area contributed by atoms with Gasteiger partial charge in [0.25, 0.3) is 0 Å². The van der Waals surface area contributed by atoms with Crippen LogP contribution in [0.4, 0.5) is 0 Å². The van der Waals surface area contributed by atoms with Gasteiger partial charge in [-0.3, -0.25) is 9.89 Å². The highest BCUT2D eigenvalue weighted by atomic mass is 15.2. The molecular formula is C13H28N4. The van der Waals surface area contributed by atoms with Crippen LogP contribution in [0.15, 0.2) is 4.99 Å². The van der Waals surface area contributed by atoms with Crippen LogP contribution in [0.5, 0.6) is 0 Å². The van der Waals surface area contributed by atoms with Crippen molar-refractivity contribution in [3.8, 4) is 0 Å². The number of nitrogens with two attached hydrogens (primary N) is 1. The Hall–Kier alpha value is -0.770. The smallest absolute Gasteiger partial charge is 0.188 e. The van der Waals surface area contributed by atoms with E-state index in [1.54, 1.807) is 0 Å². The lowest BCUT2D eigenvalue weighted by atomic mass is 10.0. The lowest BCUT2D eigenvalue weighted by Gasteiger charge is -2.32. The normalized spacial score (nSPS) is 24.6. The van der Waals surface area contributed by atoms with E-state index in [0.717, 1.165) is 19.5 Å². The van der Waals surface area contributed by atoms with E-state index in [0.29, 0.717) is 18.0 Å². The van der Waals surface area contributed by atoms with E-state index in [4.69, 9.17) is 5.73 Å².